The summed E-state index contributed by atoms with van der Waals surface area (Å²) in [6.07, 6.45) is 0. The van der Waals surface area contributed by atoms with Crippen LogP contribution in [0.25, 0.3) is 0 Å². The van der Waals surface area contributed by atoms with E-state index < -0.39 is 18.0 Å². The fourth-order valence-electron chi connectivity index (χ4n) is 2.52. The molecular weight excluding hydrogens is 338 g/mol. The lowest BCUT2D eigenvalue weighted by molar-refractivity contribution is -0.122. The van der Waals surface area contributed by atoms with E-state index in [1.807, 2.05) is 55.5 Å². The monoisotopic (exact) mass is 359 g/mol. The van der Waals surface area contributed by atoms with E-state index in [-0.39, 0.29) is 6.04 Å². The summed E-state index contributed by atoms with van der Waals surface area (Å²) >= 11 is 6.25. The van der Waals surface area contributed by atoms with Crippen molar-refractivity contribution in [3.63, 3.8) is 0 Å². The van der Waals surface area contributed by atoms with Crippen molar-refractivity contribution < 1.29 is 9.59 Å². The molecule has 0 saturated heterocycles. The Kier molecular flexibility index (Phi) is 6.98. The lowest BCUT2D eigenvalue weighted by Gasteiger charge is -2.24. The highest BCUT2D eigenvalue weighted by atomic mass is 35.5. The van der Waals surface area contributed by atoms with Gasteiger partial charge in [-0.3, -0.25) is 15.4 Å². The van der Waals surface area contributed by atoms with Gasteiger partial charge in [0.2, 0.25) is 5.91 Å². The van der Waals surface area contributed by atoms with Crippen molar-refractivity contribution in [2.75, 3.05) is 6.54 Å². The summed E-state index contributed by atoms with van der Waals surface area (Å²) in [4.78, 5) is 24.3. The first-order chi connectivity index (χ1) is 12.0. The van der Waals surface area contributed by atoms with Gasteiger partial charge in [0.25, 0.3) is 0 Å². The average Bonchev–Trinajstić information content (AvgIpc) is 2.60. The van der Waals surface area contributed by atoms with E-state index in [1.54, 1.807) is 13.0 Å². The number of hydrogen-bond acceptors (Lipinski definition) is 3. The summed E-state index contributed by atoms with van der Waals surface area (Å²) in [7, 11) is 0. The molecule has 3 N–H and O–H groups in total. The minimum atomic E-state index is -0.685. The summed E-state index contributed by atoms with van der Waals surface area (Å²) in [5.74, 6) is -0.420. The van der Waals surface area contributed by atoms with E-state index in [2.05, 4.69) is 16.0 Å². The van der Waals surface area contributed by atoms with Crippen LogP contribution in [0.3, 0.4) is 0 Å². The first-order valence-electron chi connectivity index (χ1n) is 8.17. The fraction of sp³-hybridized carbons (Fsp3) is 0.263. The summed E-state index contributed by atoms with van der Waals surface area (Å²) in [5, 5.41) is 8.81. The van der Waals surface area contributed by atoms with Gasteiger partial charge in [-0.05, 0) is 31.0 Å². The van der Waals surface area contributed by atoms with Gasteiger partial charge < -0.3 is 5.32 Å². The molecule has 0 aliphatic rings. The highest BCUT2D eigenvalue weighted by molar-refractivity contribution is 6.31. The van der Waals surface area contributed by atoms with Gasteiger partial charge in [-0.2, -0.15) is 0 Å². The lowest BCUT2D eigenvalue weighted by atomic mass is 10.0. The molecule has 0 aliphatic heterocycles. The molecule has 2 atom stereocenters. The van der Waals surface area contributed by atoms with Crippen LogP contribution in [-0.2, 0) is 4.79 Å². The van der Waals surface area contributed by atoms with Crippen molar-refractivity contribution >= 4 is 23.5 Å². The quantitative estimate of drug-likeness (QED) is 0.738. The maximum atomic E-state index is 12.6. The topological polar surface area (TPSA) is 70.2 Å². The Morgan fingerprint density at radius 1 is 1.04 bits per heavy atom. The molecule has 0 aromatic heterocycles. The third kappa shape index (κ3) is 5.31. The third-order valence-corrected chi connectivity index (χ3v) is 4.10. The van der Waals surface area contributed by atoms with Crippen LogP contribution in [0.15, 0.2) is 54.6 Å². The number of urea groups is 1. The molecule has 0 heterocycles. The average molecular weight is 360 g/mol. The van der Waals surface area contributed by atoms with Crippen LogP contribution in [0, 0.1) is 0 Å². The van der Waals surface area contributed by atoms with Crippen LogP contribution in [-0.4, -0.2) is 18.5 Å². The molecule has 2 aromatic rings. The van der Waals surface area contributed by atoms with Crippen molar-refractivity contribution in [1.82, 2.24) is 16.0 Å². The number of carbonyl (C=O) groups excluding carboxylic acids is 2. The number of rotatable bonds is 6. The SMILES string of the molecule is CCNC(=O)NC(=O)[C@H](N[C@H](C)c1ccccc1Cl)c1ccccc1. The summed E-state index contributed by atoms with van der Waals surface area (Å²) < 4.78 is 0. The van der Waals surface area contributed by atoms with Gasteiger partial charge in [-0.25, -0.2) is 4.79 Å². The van der Waals surface area contributed by atoms with Gasteiger partial charge in [-0.15, -0.1) is 0 Å². The molecule has 2 rings (SSSR count). The third-order valence-electron chi connectivity index (χ3n) is 3.76. The maximum absolute atomic E-state index is 12.6. The first-order valence-corrected chi connectivity index (χ1v) is 8.54. The molecule has 3 amide bonds. The predicted molar refractivity (Wildman–Crippen MR) is 99.4 cm³/mol. The molecule has 5 nitrogen and oxygen atoms in total. The van der Waals surface area contributed by atoms with Gasteiger partial charge in [0.15, 0.2) is 0 Å². The van der Waals surface area contributed by atoms with E-state index in [9.17, 15) is 9.59 Å². The molecule has 0 fully saturated rings. The zero-order valence-electron chi connectivity index (χ0n) is 14.3. The van der Waals surface area contributed by atoms with Crippen LogP contribution < -0.4 is 16.0 Å². The minimum absolute atomic E-state index is 0.182. The zero-order valence-corrected chi connectivity index (χ0v) is 15.0. The summed E-state index contributed by atoms with van der Waals surface area (Å²) in [6.45, 7) is 4.16. The smallest absolute Gasteiger partial charge is 0.321 e. The molecule has 0 saturated carbocycles. The molecule has 0 bridgehead atoms. The molecule has 132 valence electrons. The van der Waals surface area contributed by atoms with Crippen LogP contribution in [0.5, 0.6) is 0 Å². The lowest BCUT2D eigenvalue weighted by Crippen LogP contribution is -2.45. The van der Waals surface area contributed by atoms with Crippen LogP contribution >= 0.6 is 11.6 Å². The minimum Gasteiger partial charge on any atom is -0.338 e. The molecule has 2 aromatic carbocycles. The number of carbonyl (C=O) groups is 2. The second kappa shape index (κ2) is 9.20. The predicted octanol–water partition coefficient (Wildman–Crippen LogP) is 3.58. The highest BCUT2D eigenvalue weighted by Gasteiger charge is 2.24. The Labute approximate surface area is 152 Å². The van der Waals surface area contributed by atoms with Gasteiger partial charge >= 0.3 is 6.03 Å². The molecule has 0 aliphatic carbocycles. The Morgan fingerprint density at radius 2 is 1.68 bits per heavy atom. The number of halogens is 1. The van der Waals surface area contributed by atoms with Gasteiger partial charge in [0, 0.05) is 17.6 Å². The Bertz CT molecular complexity index is 722. The van der Waals surface area contributed by atoms with Gasteiger partial charge in [0.1, 0.15) is 6.04 Å². The van der Waals surface area contributed by atoms with Crippen LogP contribution in [0.2, 0.25) is 5.02 Å². The Balaban J connectivity index is 2.22. The van der Waals surface area contributed by atoms with E-state index in [1.165, 1.54) is 0 Å². The number of hydrogen-bond donors (Lipinski definition) is 3. The second-order valence-corrected chi connectivity index (χ2v) is 6.01. The molecule has 0 spiro atoms. The maximum Gasteiger partial charge on any atom is 0.321 e. The molecule has 6 heteroatoms. The number of amides is 3. The number of nitrogens with one attached hydrogen (secondary N) is 3. The largest absolute Gasteiger partial charge is 0.338 e. The van der Waals surface area contributed by atoms with Crippen LogP contribution in [0.1, 0.15) is 37.1 Å². The number of benzene rings is 2. The zero-order chi connectivity index (χ0) is 18.2. The van der Waals surface area contributed by atoms with Crippen molar-refractivity contribution in [3.05, 3.63) is 70.7 Å². The van der Waals surface area contributed by atoms with Crippen molar-refractivity contribution in [2.45, 2.75) is 25.9 Å². The van der Waals surface area contributed by atoms with Gasteiger partial charge in [-0.1, -0.05) is 60.1 Å². The van der Waals surface area contributed by atoms with Crippen LogP contribution in [0.4, 0.5) is 4.79 Å². The van der Waals surface area contributed by atoms with Crippen molar-refractivity contribution in [3.8, 4) is 0 Å². The van der Waals surface area contributed by atoms with E-state index in [4.69, 9.17) is 11.6 Å². The fourth-order valence-corrected chi connectivity index (χ4v) is 2.82. The van der Waals surface area contributed by atoms with E-state index in [0.717, 1.165) is 11.1 Å². The Morgan fingerprint density at radius 3 is 2.32 bits per heavy atom. The standard InChI is InChI=1S/C19H22ClN3O2/c1-3-21-19(25)23-18(24)17(14-9-5-4-6-10-14)22-13(2)15-11-7-8-12-16(15)20/h4-13,17,22H,3H2,1-2H3,(H2,21,23,24,25)/t13-,17-/m1/s1. The van der Waals surface area contributed by atoms with E-state index in [0.29, 0.717) is 11.6 Å². The van der Waals surface area contributed by atoms with Gasteiger partial charge in [0.05, 0.1) is 0 Å². The summed E-state index contributed by atoms with van der Waals surface area (Å²) in [6, 6.07) is 15.3. The molecular formula is C19H22ClN3O2. The van der Waals surface area contributed by atoms with Crippen molar-refractivity contribution in [1.29, 1.82) is 0 Å². The Hall–Kier alpha value is -2.37. The normalized spacial score (nSPS) is 12.9. The second-order valence-electron chi connectivity index (χ2n) is 5.60. The molecule has 25 heavy (non-hydrogen) atoms. The first kappa shape index (κ1) is 19.0. The molecule has 0 unspecified atom stereocenters. The highest BCUT2D eigenvalue weighted by Crippen LogP contribution is 2.25. The van der Waals surface area contributed by atoms with E-state index >= 15 is 0 Å². The summed E-state index contributed by atoms with van der Waals surface area (Å²) in [5.41, 5.74) is 1.65. The van der Waals surface area contributed by atoms with Crippen molar-refractivity contribution in [2.24, 2.45) is 0 Å². The molecule has 0 radical (unpaired) electrons. The number of imide groups is 1.